The number of aromatic nitrogens is 2. The molecule has 2 aliphatic carbocycles. The highest BCUT2D eigenvalue weighted by Gasteiger charge is 2.56. The van der Waals surface area contributed by atoms with Crippen LogP contribution in [0.15, 0.2) is 67.0 Å². The van der Waals surface area contributed by atoms with Crippen LogP contribution in [0.25, 0.3) is 11.4 Å². The predicted octanol–water partition coefficient (Wildman–Crippen LogP) is 4.02. The van der Waals surface area contributed by atoms with Crippen LogP contribution in [0.5, 0.6) is 0 Å². The van der Waals surface area contributed by atoms with E-state index in [1.807, 2.05) is 72.5 Å². The molecule has 1 amide bonds. The lowest BCUT2D eigenvalue weighted by atomic mass is 10.0. The Bertz CT molecular complexity index is 983. The van der Waals surface area contributed by atoms with Crippen LogP contribution in [-0.4, -0.2) is 21.1 Å². The maximum absolute atomic E-state index is 12.1. The van der Waals surface area contributed by atoms with Crippen molar-refractivity contribution in [1.29, 1.82) is 0 Å². The molecule has 2 N–H and O–H groups in total. The van der Waals surface area contributed by atoms with Gasteiger partial charge in [-0.05, 0) is 35.4 Å². The van der Waals surface area contributed by atoms with Gasteiger partial charge in [-0.15, -0.1) is 0 Å². The van der Waals surface area contributed by atoms with E-state index in [0.29, 0.717) is 5.92 Å². The molecular weight excluding hydrogens is 350 g/mol. The second kappa shape index (κ2) is 6.84. The van der Waals surface area contributed by atoms with Gasteiger partial charge in [0.2, 0.25) is 5.91 Å². The third kappa shape index (κ3) is 3.08. The van der Waals surface area contributed by atoms with Gasteiger partial charge in [-0.25, -0.2) is 15.4 Å². The predicted molar refractivity (Wildman–Crippen MR) is 105 cm³/mol. The average Bonchev–Trinajstić information content (AvgIpc) is 3.68. The third-order valence-electron chi connectivity index (χ3n) is 5.89. The fourth-order valence-electron chi connectivity index (χ4n) is 4.19. The van der Waals surface area contributed by atoms with Crippen LogP contribution in [0.4, 0.5) is 0 Å². The number of hydrogen-bond donors (Lipinski definition) is 2. The van der Waals surface area contributed by atoms with Gasteiger partial charge in [0.1, 0.15) is 0 Å². The van der Waals surface area contributed by atoms with Crippen molar-refractivity contribution in [3.8, 4) is 11.4 Å². The summed E-state index contributed by atoms with van der Waals surface area (Å²) in [5, 5.41) is 9.12. The molecule has 0 radical (unpaired) electrons. The fourth-order valence-corrected chi connectivity index (χ4v) is 4.19. The van der Waals surface area contributed by atoms with Gasteiger partial charge < -0.3 is 0 Å². The van der Waals surface area contributed by atoms with Gasteiger partial charge in [0.15, 0.2) is 5.82 Å². The average molecular weight is 371 g/mol. The summed E-state index contributed by atoms with van der Waals surface area (Å²) in [7, 11) is 0. The molecule has 1 aromatic heterocycles. The summed E-state index contributed by atoms with van der Waals surface area (Å²) in [6, 6.07) is 18.1. The van der Waals surface area contributed by atoms with E-state index < -0.39 is 0 Å². The summed E-state index contributed by atoms with van der Waals surface area (Å²) >= 11 is 0. The van der Waals surface area contributed by atoms with E-state index in [4.69, 9.17) is 5.21 Å². The van der Waals surface area contributed by atoms with Gasteiger partial charge in [-0.2, -0.15) is 0 Å². The minimum Gasteiger partial charge on any atom is -0.289 e. The van der Waals surface area contributed by atoms with E-state index in [1.165, 1.54) is 18.4 Å². The number of rotatable bonds is 5. The zero-order valence-corrected chi connectivity index (χ0v) is 15.3. The zero-order chi connectivity index (χ0) is 19.1. The Balaban J connectivity index is 1.39. The number of benzene rings is 2. The first-order valence-electron chi connectivity index (χ1n) is 9.67. The highest BCUT2D eigenvalue weighted by atomic mass is 16.5. The SMILES string of the molecule is O=C(NO)[C@@H]1[C@H](c2ccccc2)[C@H]1c1ccc(-c2ncc(C3CC3)cn2)cc1. The largest absolute Gasteiger partial charge is 0.289 e. The van der Waals surface area contributed by atoms with Crippen LogP contribution >= 0.6 is 0 Å². The topological polar surface area (TPSA) is 75.1 Å². The number of hydrogen-bond acceptors (Lipinski definition) is 4. The van der Waals surface area contributed by atoms with E-state index in [-0.39, 0.29) is 23.7 Å². The molecule has 2 aliphatic rings. The second-order valence-corrected chi connectivity index (χ2v) is 7.70. The minimum atomic E-state index is -0.332. The highest BCUT2D eigenvalue weighted by molar-refractivity contribution is 5.84. The summed E-state index contributed by atoms with van der Waals surface area (Å²) in [4.78, 5) is 21.2. The van der Waals surface area contributed by atoms with E-state index in [1.54, 1.807) is 0 Å². The Kier molecular flexibility index (Phi) is 4.17. The molecule has 140 valence electrons. The molecule has 2 fully saturated rings. The maximum Gasteiger partial charge on any atom is 0.247 e. The summed E-state index contributed by atoms with van der Waals surface area (Å²) in [5.74, 6) is 0.913. The molecule has 5 rings (SSSR count). The Morgan fingerprint density at radius 1 is 0.857 bits per heavy atom. The molecule has 1 heterocycles. The van der Waals surface area contributed by atoms with Crippen molar-refractivity contribution in [2.75, 3.05) is 0 Å². The van der Waals surface area contributed by atoms with Gasteiger partial charge >= 0.3 is 0 Å². The van der Waals surface area contributed by atoms with Crippen LogP contribution in [0, 0.1) is 5.92 Å². The highest BCUT2D eigenvalue weighted by Crippen LogP contribution is 2.60. The molecule has 0 unspecified atom stereocenters. The Morgan fingerprint density at radius 2 is 1.46 bits per heavy atom. The summed E-state index contributed by atoms with van der Waals surface area (Å²) in [6.45, 7) is 0. The second-order valence-electron chi connectivity index (χ2n) is 7.70. The summed E-state index contributed by atoms with van der Waals surface area (Å²) < 4.78 is 0. The first-order valence-corrected chi connectivity index (χ1v) is 9.67. The monoisotopic (exact) mass is 371 g/mol. The Morgan fingerprint density at radius 3 is 2.04 bits per heavy atom. The van der Waals surface area contributed by atoms with Gasteiger partial charge in [-0.3, -0.25) is 10.0 Å². The van der Waals surface area contributed by atoms with Crippen molar-refractivity contribution in [3.05, 3.63) is 83.7 Å². The van der Waals surface area contributed by atoms with Crippen molar-refractivity contribution in [1.82, 2.24) is 15.4 Å². The molecule has 3 atom stereocenters. The molecular formula is C23H21N3O2. The van der Waals surface area contributed by atoms with Gasteiger partial charge in [-0.1, -0.05) is 54.6 Å². The van der Waals surface area contributed by atoms with E-state index in [9.17, 15) is 4.79 Å². The third-order valence-corrected chi connectivity index (χ3v) is 5.89. The van der Waals surface area contributed by atoms with Crippen molar-refractivity contribution in [3.63, 3.8) is 0 Å². The first-order chi connectivity index (χ1) is 13.8. The Labute approximate surface area is 163 Å². The molecule has 2 aromatic carbocycles. The molecule has 28 heavy (non-hydrogen) atoms. The van der Waals surface area contributed by atoms with Gasteiger partial charge in [0, 0.05) is 29.8 Å². The van der Waals surface area contributed by atoms with Crippen LogP contribution < -0.4 is 5.48 Å². The molecule has 5 heteroatoms. The molecule has 0 spiro atoms. The van der Waals surface area contributed by atoms with Crippen LogP contribution in [0.2, 0.25) is 0 Å². The maximum atomic E-state index is 12.1. The fraction of sp³-hybridized carbons (Fsp3) is 0.261. The molecule has 2 saturated carbocycles. The molecule has 0 aliphatic heterocycles. The number of nitrogens with one attached hydrogen (secondary N) is 1. The lowest BCUT2D eigenvalue weighted by molar-refractivity contribution is -0.130. The molecule has 0 saturated heterocycles. The number of nitrogens with zero attached hydrogens (tertiary/aromatic N) is 2. The smallest absolute Gasteiger partial charge is 0.247 e. The van der Waals surface area contributed by atoms with Crippen LogP contribution in [0.3, 0.4) is 0 Å². The number of hydroxylamine groups is 1. The van der Waals surface area contributed by atoms with Crippen LogP contribution in [-0.2, 0) is 4.79 Å². The molecule has 5 nitrogen and oxygen atoms in total. The van der Waals surface area contributed by atoms with E-state index >= 15 is 0 Å². The van der Waals surface area contributed by atoms with E-state index in [0.717, 1.165) is 22.5 Å². The number of amides is 1. The zero-order valence-electron chi connectivity index (χ0n) is 15.3. The lowest BCUT2D eigenvalue weighted by Gasteiger charge is -2.05. The first kappa shape index (κ1) is 17.1. The Hall–Kier alpha value is -3.05. The number of carbonyl (C=O) groups excluding carboxylic acids is 1. The van der Waals surface area contributed by atoms with Crippen LogP contribution in [0.1, 0.15) is 47.3 Å². The molecule has 3 aromatic rings. The van der Waals surface area contributed by atoms with Gasteiger partial charge in [0.05, 0.1) is 5.92 Å². The van der Waals surface area contributed by atoms with Crippen molar-refractivity contribution in [2.45, 2.75) is 30.6 Å². The van der Waals surface area contributed by atoms with Crippen molar-refractivity contribution >= 4 is 5.91 Å². The van der Waals surface area contributed by atoms with Crippen molar-refractivity contribution < 1.29 is 10.0 Å². The summed E-state index contributed by atoms with van der Waals surface area (Å²) in [6.07, 6.45) is 6.34. The summed E-state index contributed by atoms with van der Waals surface area (Å²) in [5.41, 5.74) is 6.21. The minimum absolute atomic E-state index is 0.0572. The lowest BCUT2D eigenvalue weighted by Crippen LogP contribution is -2.21. The van der Waals surface area contributed by atoms with Crippen molar-refractivity contribution in [2.24, 2.45) is 5.92 Å². The normalized spacial score (nSPS) is 23.2. The van der Waals surface area contributed by atoms with E-state index in [2.05, 4.69) is 9.97 Å². The molecule has 0 bridgehead atoms. The number of carbonyl (C=O) groups is 1. The van der Waals surface area contributed by atoms with Gasteiger partial charge in [0.25, 0.3) is 0 Å². The quantitative estimate of drug-likeness (QED) is 0.525. The standard InChI is InChI=1S/C23H21N3O2/c27-23(26-28)21-19(15-4-2-1-3-5-15)20(21)16-8-10-17(11-9-16)22-24-12-18(13-25-22)14-6-7-14/h1-5,8-14,19-21,28H,6-7H2,(H,26,27)/t19-,20-,21-/m1/s1.